The Kier molecular flexibility index (Phi) is 3.45. The van der Waals surface area contributed by atoms with E-state index in [-0.39, 0.29) is 5.57 Å². The van der Waals surface area contributed by atoms with Crippen LogP contribution >= 0.6 is 0 Å². The summed E-state index contributed by atoms with van der Waals surface area (Å²) >= 11 is 0. The number of halogens is 5. The summed E-state index contributed by atoms with van der Waals surface area (Å²) in [6.07, 6.45) is -5.75. The first-order valence-corrected chi connectivity index (χ1v) is 4.98. The molecule has 110 valence electrons. The number of aliphatic hydroxyl groups is 1. The number of hydrogen-bond acceptors (Lipinski definition) is 4. The van der Waals surface area contributed by atoms with Gasteiger partial charge >= 0.3 is 23.9 Å². The van der Waals surface area contributed by atoms with Gasteiger partial charge in [0.2, 0.25) is 5.60 Å². The van der Waals surface area contributed by atoms with E-state index in [2.05, 4.69) is 16.1 Å². The SMILES string of the molecule is C=C(C)C(=O)OC1(C)COC(O)(C(F)(F)F)C1(F)F. The Balaban J connectivity index is 3.15. The van der Waals surface area contributed by atoms with Gasteiger partial charge < -0.3 is 14.6 Å². The molecule has 19 heavy (non-hydrogen) atoms. The zero-order valence-corrected chi connectivity index (χ0v) is 9.98. The second kappa shape index (κ2) is 4.14. The molecule has 1 aliphatic heterocycles. The van der Waals surface area contributed by atoms with Gasteiger partial charge in [0.05, 0.1) is 6.61 Å². The zero-order chi connectivity index (χ0) is 15.3. The van der Waals surface area contributed by atoms with Gasteiger partial charge in [0.25, 0.3) is 0 Å². The van der Waals surface area contributed by atoms with Crippen molar-refractivity contribution in [1.29, 1.82) is 0 Å². The molecule has 0 aromatic rings. The molecule has 0 bridgehead atoms. The maximum Gasteiger partial charge on any atom is 0.449 e. The van der Waals surface area contributed by atoms with Crippen LogP contribution in [0.5, 0.6) is 0 Å². The normalized spacial score (nSPS) is 34.1. The van der Waals surface area contributed by atoms with Crippen molar-refractivity contribution in [1.82, 2.24) is 0 Å². The van der Waals surface area contributed by atoms with E-state index < -0.39 is 36.1 Å². The minimum Gasteiger partial charge on any atom is -0.447 e. The van der Waals surface area contributed by atoms with E-state index in [1.165, 1.54) is 0 Å². The standard InChI is InChI=1S/C10H11F5O4/c1-5(2)6(16)19-7(3)4-18-9(17,8(7,11)12)10(13,14)15/h17H,1,4H2,2-3H3. The van der Waals surface area contributed by atoms with E-state index in [0.717, 1.165) is 6.92 Å². The molecule has 4 nitrogen and oxygen atoms in total. The summed E-state index contributed by atoms with van der Waals surface area (Å²) < 4.78 is 73.0. The van der Waals surface area contributed by atoms with Crippen LogP contribution in [-0.4, -0.2) is 41.2 Å². The van der Waals surface area contributed by atoms with Crippen molar-refractivity contribution in [3.63, 3.8) is 0 Å². The third-order valence-electron chi connectivity index (χ3n) is 2.70. The highest BCUT2D eigenvalue weighted by Gasteiger charge is 2.82. The van der Waals surface area contributed by atoms with Crippen LogP contribution in [0.2, 0.25) is 0 Å². The molecule has 0 aromatic heterocycles. The fraction of sp³-hybridized carbons (Fsp3) is 0.700. The minimum atomic E-state index is -5.75. The van der Waals surface area contributed by atoms with Crippen LogP contribution in [-0.2, 0) is 14.3 Å². The Bertz CT molecular complexity index is 419. The molecule has 0 aliphatic carbocycles. The monoisotopic (exact) mass is 290 g/mol. The molecule has 1 saturated heterocycles. The molecule has 0 radical (unpaired) electrons. The lowest BCUT2D eigenvalue weighted by Gasteiger charge is -2.35. The lowest BCUT2D eigenvalue weighted by molar-refractivity contribution is -0.409. The van der Waals surface area contributed by atoms with Crippen molar-refractivity contribution in [3.05, 3.63) is 12.2 Å². The molecular weight excluding hydrogens is 279 g/mol. The molecule has 2 atom stereocenters. The average Bonchev–Trinajstić information content (AvgIpc) is 2.39. The largest absolute Gasteiger partial charge is 0.449 e. The highest BCUT2D eigenvalue weighted by Crippen LogP contribution is 2.54. The minimum absolute atomic E-state index is 0.278. The summed E-state index contributed by atoms with van der Waals surface area (Å²) in [6, 6.07) is 0. The first-order valence-electron chi connectivity index (χ1n) is 4.98. The Morgan fingerprint density at radius 3 is 2.21 bits per heavy atom. The number of rotatable bonds is 2. The Morgan fingerprint density at radius 2 is 1.89 bits per heavy atom. The van der Waals surface area contributed by atoms with E-state index in [1.807, 2.05) is 0 Å². The number of hydrogen-bond donors (Lipinski definition) is 1. The second-order valence-electron chi connectivity index (χ2n) is 4.41. The van der Waals surface area contributed by atoms with Crippen LogP contribution in [0.25, 0.3) is 0 Å². The van der Waals surface area contributed by atoms with Crippen molar-refractivity contribution in [2.45, 2.75) is 37.3 Å². The first kappa shape index (κ1) is 15.8. The van der Waals surface area contributed by atoms with Gasteiger partial charge in [-0.3, -0.25) is 0 Å². The second-order valence-corrected chi connectivity index (χ2v) is 4.41. The average molecular weight is 290 g/mol. The van der Waals surface area contributed by atoms with Crippen molar-refractivity contribution >= 4 is 5.97 Å². The van der Waals surface area contributed by atoms with E-state index in [4.69, 9.17) is 5.11 Å². The lowest BCUT2D eigenvalue weighted by atomic mass is 9.94. The third kappa shape index (κ3) is 2.10. The summed E-state index contributed by atoms with van der Waals surface area (Å²) in [6.45, 7) is 3.48. The van der Waals surface area contributed by atoms with Gasteiger partial charge in [0.15, 0.2) is 0 Å². The predicted molar refractivity (Wildman–Crippen MR) is 51.2 cm³/mol. The van der Waals surface area contributed by atoms with Gasteiger partial charge in [-0.1, -0.05) is 6.58 Å². The maximum absolute atomic E-state index is 13.8. The summed E-state index contributed by atoms with van der Waals surface area (Å²) in [5.41, 5.74) is -3.23. The van der Waals surface area contributed by atoms with Crippen molar-refractivity contribution < 1.29 is 41.3 Å². The maximum atomic E-state index is 13.8. The Labute approximate surface area is 104 Å². The molecule has 0 spiro atoms. The van der Waals surface area contributed by atoms with E-state index >= 15 is 0 Å². The Hall–Kier alpha value is -1.22. The molecule has 1 fully saturated rings. The highest BCUT2D eigenvalue weighted by molar-refractivity contribution is 5.87. The third-order valence-corrected chi connectivity index (χ3v) is 2.70. The molecule has 1 aliphatic rings. The molecule has 0 amide bonds. The Morgan fingerprint density at radius 1 is 1.42 bits per heavy atom. The first-order chi connectivity index (χ1) is 8.28. The molecule has 0 saturated carbocycles. The lowest BCUT2D eigenvalue weighted by Crippen LogP contribution is -2.63. The van der Waals surface area contributed by atoms with Gasteiger partial charge in [-0.05, 0) is 13.8 Å². The van der Waals surface area contributed by atoms with Gasteiger partial charge in [-0.15, -0.1) is 0 Å². The summed E-state index contributed by atoms with van der Waals surface area (Å²) in [7, 11) is 0. The summed E-state index contributed by atoms with van der Waals surface area (Å²) in [5.74, 6) is -10.9. The van der Waals surface area contributed by atoms with Crippen LogP contribution in [0.4, 0.5) is 22.0 Å². The molecule has 1 rings (SSSR count). The molecule has 1 heterocycles. The number of ether oxygens (including phenoxy) is 2. The summed E-state index contributed by atoms with van der Waals surface area (Å²) in [4.78, 5) is 11.2. The van der Waals surface area contributed by atoms with E-state index in [9.17, 15) is 26.7 Å². The topological polar surface area (TPSA) is 55.8 Å². The van der Waals surface area contributed by atoms with Crippen molar-refractivity contribution in [2.75, 3.05) is 6.61 Å². The number of carbonyl (C=O) groups is 1. The van der Waals surface area contributed by atoms with Gasteiger partial charge in [0, 0.05) is 5.57 Å². The highest BCUT2D eigenvalue weighted by atomic mass is 19.4. The van der Waals surface area contributed by atoms with Crippen LogP contribution in [0.1, 0.15) is 13.8 Å². The summed E-state index contributed by atoms with van der Waals surface area (Å²) in [5, 5.41) is 9.03. The number of alkyl halides is 5. The van der Waals surface area contributed by atoms with Crippen LogP contribution in [0.3, 0.4) is 0 Å². The molecular formula is C10H11F5O4. The van der Waals surface area contributed by atoms with Gasteiger partial charge in [-0.25, -0.2) is 4.79 Å². The van der Waals surface area contributed by atoms with Crippen LogP contribution in [0, 0.1) is 0 Å². The van der Waals surface area contributed by atoms with Crippen LogP contribution < -0.4 is 0 Å². The predicted octanol–water partition coefficient (Wildman–Crippen LogP) is 1.78. The molecule has 0 aromatic carbocycles. The number of esters is 1. The van der Waals surface area contributed by atoms with Crippen molar-refractivity contribution in [3.8, 4) is 0 Å². The van der Waals surface area contributed by atoms with Crippen molar-refractivity contribution in [2.24, 2.45) is 0 Å². The van der Waals surface area contributed by atoms with Crippen LogP contribution in [0.15, 0.2) is 12.2 Å². The van der Waals surface area contributed by atoms with Gasteiger partial charge in [0.1, 0.15) is 0 Å². The smallest absolute Gasteiger partial charge is 0.447 e. The van der Waals surface area contributed by atoms with E-state index in [0.29, 0.717) is 6.92 Å². The fourth-order valence-corrected chi connectivity index (χ4v) is 1.43. The van der Waals surface area contributed by atoms with E-state index in [1.54, 1.807) is 0 Å². The zero-order valence-electron chi connectivity index (χ0n) is 9.98. The quantitative estimate of drug-likeness (QED) is 0.478. The number of carbonyl (C=O) groups excluding carboxylic acids is 1. The molecule has 9 heteroatoms. The molecule has 1 N–H and O–H groups in total. The van der Waals surface area contributed by atoms with Gasteiger partial charge in [-0.2, -0.15) is 22.0 Å². The fourth-order valence-electron chi connectivity index (χ4n) is 1.43. The molecule has 2 unspecified atom stereocenters.